The van der Waals surface area contributed by atoms with Crippen molar-refractivity contribution in [3.05, 3.63) is 84.8 Å². The molecule has 3 rings (SSSR count). The Hall–Kier alpha value is -2.71. The molecular weight excluding hydrogens is 698 g/mol. The van der Waals surface area contributed by atoms with Crippen molar-refractivity contribution < 1.29 is 35.9 Å². The number of benzene rings is 3. The van der Waals surface area contributed by atoms with Crippen LogP contribution in [-0.4, -0.2) is 40.4 Å². The summed E-state index contributed by atoms with van der Waals surface area (Å²) < 4.78 is 76.6. The van der Waals surface area contributed by atoms with E-state index in [2.05, 4.69) is 26.5 Å². The van der Waals surface area contributed by atoms with Crippen molar-refractivity contribution in [2.75, 3.05) is 24.2 Å². The second-order valence-corrected chi connectivity index (χ2v) is 12.3. The molecule has 0 spiro atoms. The monoisotopic (exact) mass is 715 g/mol. The first-order valence-electron chi connectivity index (χ1n) is 11.2. The van der Waals surface area contributed by atoms with Crippen LogP contribution in [0.2, 0.25) is 15.1 Å². The predicted octanol–water partition coefficient (Wildman–Crippen LogP) is 6.93. The lowest BCUT2D eigenvalue weighted by Crippen LogP contribution is -2.39. The first-order valence-corrected chi connectivity index (χ1v) is 15.0. The molecule has 16 heteroatoms. The number of ether oxygens (including phenoxy) is 2. The van der Waals surface area contributed by atoms with Crippen LogP contribution >= 0.6 is 50.7 Å². The molecular formula is C25H20BrCl3F3N3O5S. The Morgan fingerprint density at radius 1 is 1.07 bits per heavy atom. The molecule has 220 valence electrons. The highest BCUT2D eigenvalue weighted by Crippen LogP contribution is 2.38. The van der Waals surface area contributed by atoms with Gasteiger partial charge in [-0.15, -0.1) is 0 Å². The van der Waals surface area contributed by atoms with Crippen molar-refractivity contribution in [3.8, 4) is 11.5 Å². The molecule has 41 heavy (non-hydrogen) atoms. The van der Waals surface area contributed by atoms with E-state index in [1.165, 1.54) is 13.3 Å². The van der Waals surface area contributed by atoms with Gasteiger partial charge in [0.25, 0.3) is 5.91 Å². The molecule has 0 radical (unpaired) electrons. The average Bonchev–Trinajstić information content (AvgIpc) is 2.87. The van der Waals surface area contributed by atoms with Gasteiger partial charge in [-0.05, 0) is 69.5 Å². The third kappa shape index (κ3) is 8.89. The molecule has 0 unspecified atom stereocenters. The van der Waals surface area contributed by atoms with Crippen LogP contribution in [0.4, 0.5) is 18.9 Å². The Morgan fingerprint density at radius 3 is 2.37 bits per heavy atom. The summed E-state index contributed by atoms with van der Waals surface area (Å²) in [5.41, 5.74) is 1.74. The van der Waals surface area contributed by atoms with Gasteiger partial charge in [-0.25, -0.2) is 13.8 Å². The van der Waals surface area contributed by atoms with Crippen molar-refractivity contribution in [1.29, 1.82) is 0 Å². The third-order valence-electron chi connectivity index (χ3n) is 5.25. The molecule has 0 saturated heterocycles. The molecule has 0 atom stereocenters. The number of amides is 1. The molecule has 0 saturated carbocycles. The quantitative estimate of drug-likeness (QED) is 0.181. The zero-order valence-electron chi connectivity index (χ0n) is 21.1. The first-order chi connectivity index (χ1) is 19.1. The zero-order valence-corrected chi connectivity index (χ0v) is 25.8. The highest BCUT2D eigenvalue weighted by Gasteiger charge is 2.34. The largest absolute Gasteiger partial charge is 0.493 e. The Bertz CT molecular complexity index is 1590. The summed E-state index contributed by atoms with van der Waals surface area (Å²) in [5.74, 6) is -0.203. The lowest BCUT2D eigenvalue weighted by Gasteiger charge is -2.22. The highest BCUT2D eigenvalue weighted by atomic mass is 79.9. The van der Waals surface area contributed by atoms with Gasteiger partial charge >= 0.3 is 6.18 Å². The fraction of sp³-hybridized carbons (Fsp3) is 0.200. The first kappa shape index (κ1) is 32.8. The van der Waals surface area contributed by atoms with Gasteiger partial charge in [-0.3, -0.25) is 9.10 Å². The van der Waals surface area contributed by atoms with Crippen molar-refractivity contribution in [3.63, 3.8) is 0 Å². The second kappa shape index (κ2) is 13.5. The molecule has 0 aromatic heterocycles. The molecule has 3 aromatic carbocycles. The van der Waals surface area contributed by atoms with E-state index in [1.807, 2.05) is 0 Å². The summed E-state index contributed by atoms with van der Waals surface area (Å²) >= 11 is 21.0. The number of sulfonamides is 1. The van der Waals surface area contributed by atoms with Gasteiger partial charge in [0, 0.05) is 0 Å². The summed E-state index contributed by atoms with van der Waals surface area (Å²) in [5, 5.41) is 3.99. The summed E-state index contributed by atoms with van der Waals surface area (Å²) in [7, 11) is -2.73. The number of carbonyl (C=O) groups excluding carboxylic acids is 1. The minimum Gasteiger partial charge on any atom is -0.493 e. The van der Waals surface area contributed by atoms with Crippen LogP contribution in [0, 0.1) is 0 Å². The van der Waals surface area contributed by atoms with E-state index in [0.29, 0.717) is 42.0 Å². The van der Waals surface area contributed by atoms with Crippen molar-refractivity contribution in [1.82, 2.24) is 5.43 Å². The lowest BCUT2D eigenvalue weighted by atomic mass is 10.2. The van der Waals surface area contributed by atoms with Crippen LogP contribution in [0.1, 0.15) is 16.7 Å². The molecule has 3 aromatic rings. The van der Waals surface area contributed by atoms with Crippen molar-refractivity contribution in [2.24, 2.45) is 5.10 Å². The molecule has 0 fully saturated rings. The summed E-state index contributed by atoms with van der Waals surface area (Å²) in [6, 6.07) is 10.8. The van der Waals surface area contributed by atoms with Gasteiger partial charge in [-0.2, -0.15) is 18.3 Å². The highest BCUT2D eigenvalue weighted by molar-refractivity contribution is 9.10. The molecule has 0 aliphatic rings. The Balaban J connectivity index is 1.72. The molecule has 0 aliphatic carbocycles. The van der Waals surface area contributed by atoms with Crippen molar-refractivity contribution in [2.45, 2.75) is 12.8 Å². The van der Waals surface area contributed by atoms with Crippen LogP contribution in [0.3, 0.4) is 0 Å². The fourth-order valence-corrected chi connectivity index (χ4v) is 5.34. The molecule has 0 heterocycles. The maximum atomic E-state index is 13.3. The van der Waals surface area contributed by atoms with E-state index in [0.717, 1.165) is 24.0 Å². The van der Waals surface area contributed by atoms with Crippen LogP contribution < -0.4 is 19.2 Å². The topological polar surface area (TPSA) is 97.3 Å². The number of nitrogens with one attached hydrogen (secondary N) is 1. The lowest BCUT2D eigenvalue weighted by molar-refractivity contribution is -0.137. The molecule has 1 amide bonds. The van der Waals surface area contributed by atoms with Crippen LogP contribution in [-0.2, 0) is 27.6 Å². The number of alkyl halides is 3. The number of anilines is 1. The summed E-state index contributed by atoms with van der Waals surface area (Å²) in [6.07, 6.45) is -2.83. The number of hydrazone groups is 1. The van der Waals surface area contributed by atoms with Gasteiger partial charge in [-0.1, -0.05) is 40.9 Å². The molecule has 1 N–H and O–H groups in total. The maximum absolute atomic E-state index is 13.3. The fourth-order valence-electron chi connectivity index (χ4n) is 3.37. The third-order valence-corrected chi connectivity index (χ3v) is 8.05. The van der Waals surface area contributed by atoms with Gasteiger partial charge in [0.2, 0.25) is 10.0 Å². The summed E-state index contributed by atoms with van der Waals surface area (Å²) in [6.45, 7) is -0.687. The number of halogens is 7. The number of hydrogen-bond acceptors (Lipinski definition) is 6. The molecule has 0 aliphatic heterocycles. The Kier molecular flexibility index (Phi) is 10.8. The minimum absolute atomic E-state index is 0.157. The Labute approximate surface area is 257 Å². The maximum Gasteiger partial charge on any atom is 0.417 e. The van der Waals surface area contributed by atoms with Gasteiger partial charge in [0.05, 0.1) is 50.4 Å². The molecule has 0 bridgehead atoms. The number of carbonyl (C=O) groups is 1. The normalized spacial score (nSPS) is 11.9. The second-order valence-electron chi connectivity index (χ2n) is 8.30. The zero-order chi connectivity index (χ0) is 30.5. The number of rotatable bonds is 10. The standard InChI is InChI=1S/C25H20BrCl3F3N3O5S/c1-39-22-9-15(7-18(26)24(22)40-13-14-3-5-20(28)21(29)8-14)11-33-34-23(36)12-35(41(2,37)38)16-4-6-19(27)17(10-16)25(30,31)32/h3-11H,12-13H2,1-2H3,(H,34,36)/b33-11-. The van der Waals surface area contributed by atoms with E-state index in [1.54, 1.807) is 30.3 Å². The van der Waals surface area contributed by atoms with Gasteiger partial charge < -0.3 is 9.47 Å². The van der Waals surface area contributed by atoms with E-state index < -0.39 is 44.9 Å². The average molecular weight is 718 g/mol. The smallest absolute Gasteiger partial charge is 0.417 e. The van der Waals surface area contributed by atoms with E-state index >= 15 is 0 Å². The predicted molar refractivity (Wildman–Crippen MR) is 156 cm³/mol. The van der Waals surface area contributed by atoms with Crippen LogP contribution in [0.15, 0.2) is 58.1 Å². The Morgan fingerprint density at radius 2 is 1.76 bits per heavy atom. The summed E-state index contributed by atoms with van der Waals surface area (Å²) in [4.78, 5) is 12.5. The SMILES string of the molecule is COc1cc(/C=N\NC(=O)CN(c2ccc(Cl)c(C(F)(F)F)c2)S(C)(=O)=O)cc(Br)c1OCc1ccc(Cl)c(Cl)c1. The number of hydrogen-bond donors (Lipinski definition) is 1. The van der Waals surface area contributed by atoms with E-state index in [9.17, 15) is 26.4 Å². The van der Waals surface area contributed by atoms with Gasteiger partial charge in [0.15, 0.2) is 11.5 Å². The van der Waals surface area contributed by atoms with E-state index in [-0.39, 0.29) is 6.61 Å². The van der Waals surface area contributed by atoms with E-state index in [4.69, 9.17) is 44.3 Å². The van der Waals surface area contributed by atoms with Crippen molar-refractivity contribution >= 4 is 78.6 Å². The molecule has 8 nitrogen and oxygen atoms in total. The number of methoxy groups -OCH3 is 1. The minimum atomic E-state index is -4.83. The van der Waals surface area contributed by atoms with Crippen LogP contribution in [0.25, 0.3) is 0 Å². The van der Waals surface area contributed by atoms with Gasteiger partial charge in [0.1, 0.15) is 13.2 Å². The number of nitrogens with zero attached hydrogens (tertiary/aromatic N) is 2. The van der Waals surface area contributed by atoms with Crippen LogP contribution in [0.5, 0.6) is 11.5 Å².